The lowest BCUT2D eigenvalue weighted by molar-refractivity contribution is -0.142. The zero-order valence-corrected chi connectivity index (χ0v) is 11.4. The third-order valence-electron chi connectivity index (χ3n) is 3.54. The molecule has 1 aromatic carbocycles. The topological polar surface area (TPSA) is 69.6 Å². The molecular formula is C15H20N2O3. The van der Waals surface area contributed by atoms with E-state index in [0.717, 1.165) is 13.1 Å². The van der Waals surface area contributed by atoms with Gasteiger partial charge in [-0.1, -0.05) is 30.3 Å². The Morgan fingerprint density at radius 3 is 2.45 bits per heavy atom. The number of benzene rings is 1. The smallest absolute Gasteiger partial charge is 0.330 e. The lowest BCUT2D eigenvalue weighted by Crippen LogP contribution is -2.35. The van der Waals surface area contributed by atoms with Crippen molar-refractivity contribution in [3.8, 4) is 0 Å². The fourth-order valence-electron chi connectivity index (χ4n) is 2.43. The minimum absolute atomic E-state index is 0.215. The number of hydrogen-bond donors (Lipinski definition) is 2. The molecule has 1 fully saturated rings. The van der Waals surface area contributed by atoms with Gasteiger partial charge in [0.05, 0.1) is 0 Å². The summed E-state index contributed by atoms with van der Waals surface area (Å²) in [7, 11) is 0. The van der Waals surface area contributed by atoms with Gasteiger partial charge in [0.15, 0.2) is 6.04 Å². The van der Waals surface area contributed by atoms with Crippen LogP contribution in [0.2, 0.25) is 0 Å². The number of carboxylic acids is 1. The van der Waals surface area contributed by atoms with Crippen molar-refractivity contribution in [2.24, 2.45) is 0 Å². The van der Waals surface area contributed by atoms with Crippen molar-refractivity contribution in [3.63, 3.8) is 0 Å². The van der Waals surface area contributed by atoms with Crippen LogP contribution in [-0.4, -0.2) is 41.5 Å². The molecule has 5 nitrogen and oxygen atoms in total. The van der Waals surface area contributed by atoms with Gasteiger partial charge in [0, 0.05) is 13.0 Å². The Bertz CT molecular complexity index is 455. The summed E-state index contributed by atoms with van der Waals surface area (Å²) in [6.07, 6.45) is 2.71. The maximum absolute atomic E-state index is 11.9. The monoisotopic (exact) mass is 276 g/mol. The van der Waals surface area contributed by atoms with Crippen LogP contribution in [0.5, 0.6) is 0 Å². The molecule has 0 aromatic heterocycles. The molecule has 0 radical (unpaired) electrons. The normalized spacial score (nSPS) is 16.8. The van der Waals surface area contributed by atoms with E-state index in [9.17, 15) is 14.7 Å². The second kappa shape index (κ2) is 7.05. The van der Waals surface area contributed by atoms with Crippen molar-refractivity contribution in [1.82, 2.24) is 10.2 Å². The first kappa shape index (κ1) is 14.5. The minimum Gasteiger partial charge on any atom is -0.479 e. The van der Waals surface area contributed by atoms with Gasteiger partial charge < -0.3 is 15.3 Å². The molecule has 2 rings (SSSR count). The highest BCUT2D eigenvalue weighted by molar-refractivity contribution is 5.84. The number of amides is 1. The molecule has 20 heavy (non-hydrogen) atoms. The average molecular weight is 276 g/mol. The first-order chi connectivity index (χ1) is 9.66. The van der Waals surface area contributed by atoms with Crippen LogP contribution < -0.4 is 5.32 Å². The van der Waals surface area contributed by atoms with Gasteiger partial charge in [-0.05, 0) is 31.5 Å². The van der Waals surface area contributed by atoms with Crippen LogP contribution >= 0.6 is 0 Å². The van der Waals surface area contributed by atoms with E-state index in [2.05, 4.69) is 10.2 Å². The zero-order valence-electron chi connectivity index (χ0n) is 11.4. The van der Waals surface area contributed by atoms with Crippen LogP contribution in [0.3, 0.4) is 0 Å². The molecule has 5 heteroatoms. The predicted octanol–water partition coefficient (Wildman–Crippen LogP) is 1.41. The number of carbonyl (C=O) groups is 2. The second-order valence-electron chi connectivity index (χ2n) is 5.05. The van der Waals surface area contributed by atoms with E-state index in [1.165, 1.54) is 12.8 Å². The Kier molecular flexibility index (Phi) is 5.12. The summed E-state index contributed by atoms with van der Waals surface area (Å²) in [6.45, 7) is 2.77. The molecule has 1 saturated heterocycles. The van der Waals surface area contributed by atoms with Crippen molar-refractivity contribution in [3.05, 3.63) is 35.9 Å². The first-order valence-corrected chi connectivity index (χ1v) is 6.96. The van der Waals surface area contributed by atoms with Gasteiger partial charge >= 0.3 is 5.97 Å². The van der Waals surface area contributed by atoms with Gasteiger partial charge in [0.1, 0.15) is 0 Å². The largest absolute Gasteiger partial charge is 0.479 e. The highest BCUT2D eigenvalue weighted by Gasteiger charge is 2.22. The van der Waals surface area contributed by atoms with E-state index in [1.807, 2.05) is 6.07 Å². The number of carboxylic acid groups (broad SMARTS) is 1. The van der Waals surface area contributed by atoms with Crippen LogP contribution in [0.4, 0.5) is 0 Å². The van der Waals surface area contributed by atoms with Crippen LogP contribution in [0.25, 0.3) is 0 Å². The third kappa shape index (κ3) is 4.06. The van der Waals surface area contributed by atoms with Crippen LogP contribution in [-0.2, 0) is 9.59 Å². The van der Waals surface area contributed by atoms with Crippen molar-refractivity contribution >= 4 is 11.9 Å². The maximum atomic E-state index is 11.9. The maximum Gasteiger partial charge on any atom is 0.330 e. The fourth-order valence-corrected chi connectivity index (χ4v) is 2.43. The van der Waals surface area contributed by atoms with Gasteiger partial charge in [-0.15, -0.1) is 0 Å². The summed E-state index contributed by atoms with van der Waals surface area (Å²) < 4.78 is 0. The molecule has 108 valence electrons. The Morgan fingerprint density at radius 1 is 1.20 bits per heavy atom. The lowest BCUT2D eigenvalue weighted by Gasteiger charge is -2.17. The molecule has 0 bridgehead atoms. The van der Waals surface area contributed by atoms with E-state index in [0.29, 0.717) is 18.5 Å². The van der Waals surface area contributed by atoms with Gasteiger partial charge in [0.2, 0.25) is 5.91 Å². The number of likely N-dealkylation sites (tertiary alicyclic amines) is 1. The second-order valence-corrected chi connectivity index (χ2v) is 5.05. The van der Waals surface area contributed by atoms with Crippen molar-refractivity contribution in [2.75, 3.05) is 19.6 Å². The van der Waals surface area contributed by atoms with Crippen LogP contribution in [0.1, 0.15) is 30.9 Å². The van der Waals surface area contributed by atoms with Gasteiger partial charge in [-0.2, -0.15) is 0 Å². The Hall–Kier alpha value is -1.88. The first-order valence-electron chi connectivity index (χ1n) is 6.96. The summed E-state index contributed by atoms with van der Waals surface area (Å²) >= 11 is 0. The lowest BCUT2D eigenvalue weighted by atomic mass is 10.1. The quantitative estimate of drug-likeness (QED) is 0.824. The molecule has 1 aliphatic heterocycles. The summed E-state index contributed by atoms with van der Waals surface area (Å²) in [4.78, 5) is 25.4. The van der Waals surface area contributed by atoms with E-state index >= 15 is 0 Å². The van der Waals surface area contributed by atoms with E-state index in [1.54, 1.807) is 24.3 Å². The molecular weight excluding hydrogens is 256 g/mol. The Labute approximate surface area is 118 Å². The Balaban J connectivity index is 1.87. The van der Waals surface area contributed by atoms with Crippen LogP contribution in [0.15, 0.2) is 30.3 Å². The summed E-state index contributed by atoms with van der Waals surface area (Å²) in [5.41, 5.74) is 0.592. The van der Waals surface area contributed by atoms with Crippen molar-refractivity contribution < 1.29 is 14.7 Å². The SMILES string of the molecule is O=C(CCN1CCCC1)N[C@H](C(=O)O)c1ccccc1. The summed E-state index contributed by atoms with van der Waals surface area (Å²) in [5.74, 6) is -1.25. The number of carbonyl (C=O) groups excluding carboxylic acids is 1. The number of nitrogens with one attached hydrogen (secondary N) is 1. The summed E-state index contributed by atoms with van der Waals surface area (Å²) in [6, 6.07) is 7.79. The number of aliphatic carboxylic acids is 1. The van der Waals surface area contributed by atoms with E-state index < -0.39 is 12.0 Å². The standard InChI is InChI=1S/C15H20N2O3/c18-13(8-11-17-9-4-5-10-17)16-14(15(19)20)12-6-2-1-3-7-12/h1-3,6-7,14H,4-5,8-11H2,(H,16,18)(H,19,20)/t14-/m0/s1. The molecule has 0 aliphatic carbocycles. The molecule has 0 saturated carbocycles. The van der Waals surface area contributed by atoms with Crippen LogP contribution in [0, 0.1) is 0 Å². The fraction of sp³-hybridized carbons (Fsp3) is 0.467. The highest BCUT2D eigenvalue weighted by Crippen LogP contribution is 2.13. The molecule has 1 atom stereocenters. The third-order valence-corrected chi connectivity index (χ3v) is 3.54. The minimum atomic E-state index is -1.04. The van der Waals surface area contributed by atoms with Crippen molar-refractivity contribution in [1.29, 1.82) is 0 Å². The molecule has 0 unspecified atom stereocenters. The number of hydrogen-bond acceptors (Lipinski definition) is 3. The molecule has 1 aromatic rings. The van der Waals surface area contributed by atoms with Gasteiger partial charge in [-0.3, -0.25) is 4.79 Å². The van der Waals surface area contributed by atoms with E-state index in [4.69, 9.17) is 0 Å². The van der Waals surface area contributed by atoms with Gasteiger partial charge in [0.25, 0.3) is 0 Å². The molecule has 1 heterocycles. The molecule has 0 spiro atoms. The van der Waals surface area contributed by atoms with Gasteiger partial charge in [-0.25, -0.2) is 4.79 Å². The number of nitrogens with zero attached hydrogens (tertiary/aromatic N) is 1. The summed E-state index contributed by atoms with van der Waals surface area (Å²) in [5, 5.41) is 11.8. The van der Waals surface area contributed by atoms with Crippen molar-refractivity contribution in [2.45, 2.75) is 25.3 Å². The molecule has 1 aliphatic rings. The highest BCUT2D eigenvalue weighted by atomic mass is 16.4. The number of rotatable bonds is 6. The van der Waals surface area contributed by atoms with E-state index in [-0.39, 0.29) is 5.91 Å². The average Bonchev–Trinajstić information content (AvgIpc) is 2.96. The predicted molar refractivity (Wildman–Crippen MR) is 75.3 cm³/mol. The zero-order chi connectivity index (χ0) is 14.4. The Morgan fingerprint density at radius 2 is 1.85 bits per heavy atom. The molecule has 2 N–H and O–H groups in total. The molecule has 1 amide bonds.